The molecule has 2 aromatic carbocycles. The Morgan fingerprint density at radius 1 is 1.00 bits per heavy atom. The van der Waals surface area contributed by atoms with Crippen molar-refractivity contribution in [1.29, 1.82) is 0 Å². The van der Waals surface area contributed by atoms with Crippen LogP contribution in [0, 0.1) is 23.3 Å². The highest BCUT2D eigenvalue weighted by Gasteiger charge is 2.15. The first-order chi connectivity index (χ1) is 9.88. The van der Waals surface area contributed by atoms with Gasteiger partial charge in [0.2, 0.25) is 0 Å². The van der Waals surface area contributed by atoms with E-state index in [1.807, 2.05) is 0 Å². The topological polar surface area (TPSA) is 26.3 Å². The van der Waals surface area contributed by atoms with Gasteiger partial charge in [-0.05, 0) is 40.2 Å². The van der Waals surface area contributed by atoms with Gasteiger partial charge in [0.1, 0.15) is 5.82 Å². The van der Waals surface area contributed by atoms with Crippen LogP contribution >= 0.6 is 15.9 Å². The molecular weight excluding hydrogens is 356 g/mol. The van der Waals surface area contributed by atoms with E-state index >= 15 is 0 Å². The van der Waals surface area contributed by atoms with Crippen LogP contribution in [0.15, 0.2) is 34.8 Å². The summed E-state index contributed by atoms with van der Waals surface area (Å²) in [4.78, 5) is 11.7. The average molecular weight is 363 g/mol. The summed E-state index contributed by atoms with van der Waals surface area (Å²) < 4.78 is 57.0. The molecule has 110 valence electrons. The van der Waals surface area contributed by atoms with Crippen LogP contribution in [0.4, 0.5) is 17.6 Å². The van der Waals surface area contributed by atoms with Crippen LogP contribution in [0.2, 0.25) is 0 Å². The lowest BCUT2D eigenvalue weighted by Crippen LogP contribution is -2.13. The van der Waals surface area contributed by atoms with Crippen molar-refractivity contribution in [3.05, 3.63) is 63.6 Å². The minimum absolute atomic E-state index is 0.00177. The SMILES string of the molecule is O=C(COc1c(F)cc(F)cc1Br)c1ccc(F)c(F)c1. The lowest BCUT2D eigenvalue weighted by Gasteiger charge is -2.09. The number of carbonyl (C=O) groups excluding carboxylic acids is 1. The monoisotopic (exact) mass is 362 g/mol. The van der Waals surface area contributed by atoms with E-state index in [1.54, 1.807) is 0 Å². The molecule has 0 unspecified atom stereocenters. The van der Waals surface area contributed by atoms with Gasteiger partial charge in [-0.3, -0.25) is 4.79 Å². The highest BCUT2D eigenvalue weighted by molar-refractivity contribution is 9.10. The van der Waals surface area contributed by atoms with Crippen molar-refractivity contribution in [2.75, 3.05) is 6.61 Å². The maximum Gasteiger partial charge on any atom is 0.200 e. The van der Waals surface area contributed by atoms with Gasteiger partial charge in [0.25, 0.3) is 0 Å². The van der Waals surface area contributed by atoms with Crippen molar-refractivity contribution >= 4 is 21.7 Å². The molecule has 2 rings (SSSR count). The number of Topliss-reactive ketones (excluding diaryl/α,β-unsaturated/α-hetero) is 1. The number of carbonyl (C=O) groups is 1. The Morgan fingerprint density at radius 2 is 1.71 bits per heavy atom. The lowest BCUT2D eigenvalue weighted by molar-refractivity contribution is 0.0917. The van der Waals surface area contributed by atoms with E-state index in [2.05, 4.69) is 15.9 Å². The predicted octanol–water partition coefficient (Wildman–Crippen LogP) is 4.27. The molecule has 0 aliphatic rings. The maximum absolute atomic E-state index is 13.5. The second kappa shape index (κ2) is 6.26. The number of benzene rings is 2. The average Bonchev–Trinajstić information content (AvgIpc) is 2.40. The molecule has 0 N–H and O–H groups in total. The molecule has 0 bridgehead atoms. The van der Waals surface area contributed by atoms with Gasteiger partial charge in [0, 0.05) is 11.6 Å². The fraction of sp³-hybridized carbons (Fsp3) is 0.0714. The zero-order chi connectivity index (χ0) is 15.6. The lowest BCUT2D eigenvalue weighted by atomic mass is 10.1. The first kappa shape index (κ1) is 15.5. The fourth-order valence-electron chi connectivity index (χ4n) is 1.56. The Kier molecular flexibility index (Phi) is 4.62. The van der Waals surface area contributed by atoms with Gasteiger partial charge in [0.05, 0.1) is 4.47 Å². The Labute approximate surface area is 125 Å². The molecule has 0 fully saturated rings. The molecule has 0 radical (unpaired) electrons. The van der Waals surface area contributed by atoms with Crippen molar-refractivity contribution in [3.63, 3.8) is 0 Å². The van der Waals surface area contributed by atoms with Gasteiger partial charge in [-0.1, -0.05) is 0 Å². The summed E-state index contributed by atoms with van der Waals surface area (Å²) in [5, 5.41) is 0. The minimum Gasteiger partial charge on any atom is -0.481 e. The van der Waals surface area contributed by atoms with Gasteiger partial charge < -0.3 is 4.74 Å². The largest absolute Gasteiger partial charge is 0.481 e. The van der Waals surface area contributed by atoms with Crippen LogP contribution in [-0.2, 0) is 0 Å². The van der Waals surface area contributed by atoms with Crippen molar-refractivity contribution < 1.29 is 27.1 Å². The van der Waals surface area contributed by atoms with Gasteiger partial charge in [0.15, 0.2) is 35.6 Å². The predicted molar refractivity (Wildman–Crippen MR) is 70.2 cm³/mol. The summed E-state index contributed by atoms with van der Waals surface area (Å²) in [6.45, 7) is -0.605. The van der Waals surface area contributed by atoms with E-state index in [0.29, 0.717) is 6.07 Å². The number of hydrogen-bond acceptors (Lipinski definition) is 2. The second-order valence-electron chi connectivity index (χ2n) is 4.04. The highest BCUT2D eigenvalue weighted by Crippen LogP contribution is 2.29. The molecular formula is C14H7BrF4O2. The van der Waals surface area contributed by atoms with E-state index < -0.39 is 35.7 Å². The zero-order valence-corrected chi connectivity index (χ0v) is 11.9. The fourth-order valence-corrected chi connectivity index (χ4v) is 2.08. The molecule has 0 saturated carbocycles. The van der Waals surface area contributed by atoms with Crippen molar-refractivity contribution in [2.24, 2.45) is 0 Å². The Hall–Kier alpha value is -1.89. The highest BCUT2D eigenvalue weighted by atomic mass is 79.9. The molecule has 2 nitrogen and oxygen atoms in total. The van der Waals surface area contributed by atoms with Gasteiger partial charge >= 0.3 is 0 Å². The molecule has 0 amide bonds. The first-order valence-electron chi connectivity index (χ1n) is 5.64. The van der Waals surface area contributed by atoms with E-state index in [9.17, 15) is 22.4 Å². The summed E-state index contributed by atoms with van der Waals surface area (Å²) in [5.41, 5.74) is -0.118. The third-order valence-corrected chi connectivity index (χ3v) is 3.14. The van der Waals surface area contributed by atoms with E-state index in [1.165, 1.54) is 0 Å². The quantitative estimate of drug-likeness (QED) is 0.599. The molecule has 0 saturated heterocycles. The second-order valence-corrected chi connectivity index (χ2v) is 4.89. The van der Waals surface area contributed by atoms with Crippen LogP contribution in [-0.4, -0.2) is 12.4 Å². The van der Waals surface area contributed by atoms with Crippen LogP contribution in [0.3, 0.4) is 0 Å². The third kappa shape index (κ3) is 3.60. The van der Waals surface area contributed by atoms with Crippen molar-refractivity contribution in [2.45, 2.75) is 0 Å². The van der Waals surface area contributed by atoms with Crippen molar-refractivity contribution in [3.8, 4) is 5.75 Å². The normalized spacial score (nSPS) is 10.5. The minimum atomic E-state index is -1.17. The van der Waals surface area contributed by atoms with Crippen molar-refractivity contribution in [1.82, 2.24) is 0 Å². The zero-order valence-electron chi connectivity index (χ0n) is 10.3. The van der Waals surface area contributed by atoms with Gasteiger partial charge in [-0.2, -0.15) is 0 Å². The number of halogens is 5. The summed E-state index contributed by atoms with van der Waals surface area (Å²) in [7, 11) is 0. The molecule has 0 aliphatic heterocycles. The standard InChI is InChI=1S/C14H7BrF4O2/c15-9-4-8(16)5-12(19)14(9)21-6-13(20)7-1-2-10(17)11(18)3-7/h1-5H,6H2. The summed E-state index contributed by atoms with van der Waals surface area (Å²) >= 11 is 2.90. The van der Waals surface area contributed by atoms with Crippen LogP contribution in [0.1, 0.15) is 10.4 Å². The Bertz CT molecular complexity index is 680. The van der Waals surface area contributed by atoms with Gasteiger partial charge in [-0.25, -0.2) is 17.6 Å². The molecule has 2 aromatic rings. The number of hydrogen-bond donors (Lipinski definition) is 0. The smallest absolute Gasteiger partial charge is 0.200 e. The molecule has 0 aliphatic carbocycles. The van der Waals surface area contributed by atoms with Crippen LogP contribution < -0.4 is 4.74 Å². The summed E-state index contributed by atoms with van der Waals surface area (Å²) in [6, 6.07) is 4.18. The van der Waals surface area contributed by atoms with E-state index in [0.717, 1.165) is 24.3 Å². The Balaban J connectivity index is 2.13. The number of rotatable bonds is 4. The molecule has 0 aromatic heterocycles. The van der Waals surface area contributed by atoms with E-state index in [4.69, 9.17) is 4.74 Å². The molecule has 0 heterocycles. The molecule has 0 spiro atoms. The number of ketones is 1. The van der Waals surface area contributed by atoms with Gasteiger partial charge in [-0.15, -0.1) is 0 Å². The molecule has 0 atom stereocenters. The first-order valence-corrected chi connectivity index (χ1v) is 6.43. The molecule has 21 heavy (non-hydrogen) atoms. The number of ether oxygens (including phenoxy) is 1. The summed E-state index contributed by atoms with van der Waals surface area (Å²) in [6.07, 6.45) is 0. The summed E-state index contributed by atoms with van der Waals surface area (Å²) in [5.74, 6) is -5.06. The Morgan fingerprint density at radius 3 is 2.33 bits per heavy atom. The van der Waals surface area contributed by atoms with Crippen LogP contribution in [0.5, 0.6) is 5.75 Å². The maximum atomic E-state index is 13.5. The molecule has 7 heteroatoms. The van der Waals surface area contributed by atoms with Crippen LogP contribution in [0.25, 0.3) is 0 Å². The third-order valence-electron chi connectivity index (χ3n) is 2.55. The van der Waals surface area contributed by atoms with E-state index in [-0.39, 0.29) is 15.8 Å².